The van der Waals surface area contributed by atoms with Crippen molar-refractivity contribution in [1.29, 1.82) is 0 Å². The van der Waals surface area contributed by atoms with E-state index in [0.717, 1.165) is 24.8 Å². The molecule has 0 spiro atoms. The molecular weight excluding hydrogens is 330 g/mol. The molecule has 0 saturated carbocycles. The largest absolute Gasteiger partial charge is 0.373 e. The summed E-state index contributed by atoms with van der Waals surface area (Å²) in [7, 11) is -3.49. The molecule has 4 nitrogen and oxygen atoms in total. The van der Waals surface area contributed by atoms with Crippen LogP contribution in [-0.2, 0) is 14.8 Å². The Bertz CT molecular complexity index is 602. The van der Waals surface area contributed by atoms with E-state index >= 15 is 0 Å². The van der Waals surface area contributed by atoms with Gasteiger partial charge < -0.3 is 4.74 Å². The number of fused-ring (bicyclic) bond motifs is 2. The topological polar surface area (TPSA) is 55.4 Å². The summed E-state index contributed by atoms with van der Waals surface area (Å²) < 4.78 is 33.9. The molecule has 1 aromatic carbocycles. The van der Waals surface area contributed by atoms with E-state index < -0.39 is 10.0 Å². The Balaban J connectivity index is 1.83. The Morgan fingerprint density at radius 1 is 1.37 bits per heavy atom. The molecule has 0 aliphatic carbocycles. The first-order valence-electron chi connectivity index (χ1n) is 6.40. The number of sulfonamides is 1. The summed E-state index contributed by atoms with van der Waals surface area (Å²) in [6, 6.07) is 5.16. The van der Waals surface area contributed by atoms with Crippen molar-refractivity contribution in [3.63, 3.8) is 0 Å². The minimum absolute atomic E-state index is 0.0454. The van der Waals surface area contributed by atoms with Crippen LogP contribution in [0.2, 0.25) is 0 Å². The molecule has 1 aromatic rings. The van der Waals surface area contributed by atoms with Gasteiger partial charge in [0, 0.05) is 4.47 Å². The van der Waals surface area contributed by atoms with Gasteiger partial charge in [-0.1, -0.05) is 6.07 Å². The Kier molecular flexibility index (Phi) is 3.45. The number of rotatable bonds is 3. The van der Waals surface area contributed by atoms with E-state index in [0.29, 0.717) is 9.37 Å². The number of ether oxygens (including phenoxy) is 1. The molecule has 0 aromatic heterocycles. The van der Waals surface area contributed by atoms with Gasteiger partial charge >= 0.3 is 0 Å². The molecule has 0 radical (unpaired) electrons. The fourth-order valence-corrected chi connectivity index (χ4v) is 5.32. The molecule has 2 saturated heterocycles. The molecule has 6 heteroatoms. The first-order valence-corrected chi connectivity index (χ1v) is 8.67. The molecule has 3 unspecified atom stereocenters. The van der Waals surface area contributed by atoms with E-state index in [-0.39, 0.29) is 18.2 Å². The SMILES string of the molecule is Cc1ccc(S(=O)(=O)NC2CC3CCC2O3)c(Br)c1. The number of benzene rings is 1. The van der Waals surface area contributed by atoms with Gasteiger partial charge in [-0.25, -0.2) is 13.1 Å². The molecule has 0 amide bonds. The summed E-state index contributed by atoms with van der Waals surface area (Å²) in [5.41, 5.74) is 1.02. The van der Waals surface area contributed by atoms with Crippen molar-refractivity contribution < 1.29 is 13.2 Å². The van der Waals surface area contributed by atoms with E-state index in [1.54, 1.807) is 12.1 Å². The lowest BCUT2D eigenvalue weighted by atomic mass is 9.96. The fourth-order valence-electron chi connectivity index (χ4n) is 2.85. The molecule has 3 atom stereocenters. The Hall–Kier alpha value is -0.430. The lowest BCUT2D eigenvalue weighted by Crippen LogP contribution is -2.41. The van der Waals surface area contributed by atoms with Crippen LogP contribution in [0.4, 0.5) is 0 Å². The highest BCUT2D eigenvalue weighted by atomic mass is 79.9. The molecular formula is C13H16BrNO3S. The Labute approximate surface area is 121 Å². The van der Waals surface area contributed by atoms with Crippen LogP contribution in [0.25, 0.3) is 0 Å². The zero-order valence-electron chi connectivity index (χ0n) is 10.6. The third kappa shape index (κ3) is 2.59. The second-order valence-electron chi connectivity index (χ2n) is 5.27. The monoisotopic (exact) mass is 345 g/mol. The first-order chi connectivity index (χ1) is 8.95. The predicted molar refractivity (Wildman–Crippen MR) is 75.5 cm³/mol. The van der Waals surface area contributed by atoms with Gasteiger partial charge in [-0.15, -0.1) is 0 Å². The highest BCUT2D eigenvalue weighted by molar-refractivity contribution is 9.10. The van der Waals surface area contributed by atoms with Gasteiger partial charge in [-0.3, -0.25) is 0 Å². The summed E-state index contributed by atoms with van der Waals surface area (Å²) in [5.74, 6) is 0. The molecule has 2 aliphatic heterocycles. The highest BCUT2D eigenvalue weighted by Crippen LogP contribution is 2.35. The van der Waals surface area contributed by atoms with Crippen molar-refractivity contribution in [1.82, 2.24) is 4.72 Å². The molecule has 3 rings (SSSR count). The maximum atomic E-state index is 12.4. The van der Waals surface area contributed by atoms with Crippen molar-refractivity contribution in [2.75, 3.05) is 0 Å². The Morgan fingerprint density at radius 2 is 2.16 bits per heavy atom. The lowest BCUT2D eigenvalue weighted by molar-refractivity contribution is 0.0996. The second kappa shape index (κ2) is 4.84. The molecule has 104 valence electrons. The van der Waals surface area contributed by atoms with Crippen LogP contribution in [0, 0.1) is 6.92 Å². The standard InChI is InChI=1S/C13H16BrNO3S/c1-8-2-5-13(10(14)6-8)19(16,17)15-11-7-9-3-4-12(11)18-9/h2,5-6,9,11-12,15H,3-4,7H2,1H3. The normalized spacial score (nSPS) is 29.9. The Morgan fingerprint density at radius 3 is 2.74 bits per heavy atom. The van der Waals surface area contributed by atoms with E-state index in [1.165, 1.54) is 0 Å². The van der Waals surface area contributed by atoms with Crippen molar-refractivity contribution in [3.8, 4) is 0 Å². The average molecular weight is 346 g/mol. The predicted octanol–water partition coefficient (Wildman–Crippen LogP) is 2.36. The second-order valence-corrected chi connectivity index (χ2v) is 7.81. The zero-order valence-corrected chi connectivity index (χ0v) is 13.0. The van der Waals surface area contributed by atoms with Crippen LogP contribution in [0.3, 0.4) is 0 Å². The lowest BCUT2D eigenvalue weighted by Gasteiger charge is -2.20. The highest BCUT2D eigenvalue weighted by Gasteiger charge is 2.42. The van der Waals surface area contributed by atoms with Crippen LogP contribution in [-0.4, -0.2) is 26.7 Å². The fraction of sp³-hybridized carbons (Fsp3) is 0.538. The van der Waals surface area contributed by atoms with E-state index in [2.05, 4.69) is 20.7 Å². The van der Waals surface area contributed by atoms with Crippen molar-refractivity contribution in [3.05, 3.63) is 28.2 Å². The van der Waals surface area contributed by atoms with E-state index in [9.17, 15) is 8.42 Å². The number of nitrogens with one attached hydrogen (secondary N) is 1. The quantitative estimate of drug-likeness (QED) is 0.914. The summed E-state index contributed by atoms with van der Waals surface area (Å²) in [6.07, 6.45) is 3.07. The van der Waals surface area contributed by atoms with Crippen molar-refractivity contribution >= 4 is 26.0 Å². The van der Waals surface area contributed by atoms with Crippen LogP contribution < -0.4 is 4.72 Å². The molecule has 1 N–H and O–H groups in total. The van der Waals surface area contributed by atoms with Crippen molar-refractivity contribution in [2.24, 2.45) is 0 Å². The molecule has 19 heavy (non-hydrogen) atoms. The van der Waals surface area contributed by atoms with Crippen LogP contribution >= 0.6 is 15.9 Å². The first kappa shape index (κ1) is 13.5. The van der Waals surface area contributed by atoms with Gasteiger partial charge in [0.2, 0.25) is 10.0 Å². The third-order valence-electron chi connectivity index (χ3n) is 3.79. The minimum Gasteiger partial charge on any atom is -0.373 e. The zero-order chi connectivity index (χ0) is 13.6. The van der Waals surface area contributed by atoms with Gasteiger partial charge in [0.1, 0.15) is 0 Å². The summed E-state index contributed by atoms with van der Waals surface area (Å²) in [4.78, 5) is 0.292. The summed E-state index contributed by atoms with van der Waals surface area (Å²) in [5, 5.41) is 0. The number of halogens is 1. The van der Waals surface area contributed by atoms with Gasteiger partial charge in [-0.2, -0.15) is 0 Å². The minimum atomic E-state index is -3.49. The van der Waals surface area contributed by atoms with Gasteiger partial charge in [0.15, 0.2) is 0 Å². The van der Waals surface area contributed by atoms with Gasteiger partial charge in [0.25, 0.3) is 0 Å². The maximum Gasteiger partial charge on any atom is 0.242 e. The van der Waals surface area contributed by atoms with E-state index in [4.69, 9.17) is 4.74 Å². The van der Waals surface area contributed by atoms with Crippen LogP contribution in [0.1, 0.15) is 24.8 Å². The summed E-state index contributed by atoms with van der Waals surface area (Å²) in [6.45, 7) is 1.93. The molecule has 2 fully saturated rings. The molecule has 2 heterocycles. The van der Waals surface area contributed by atoms with Crippen LogP contribution in [0.15, 0.2) is 27.6 Å². The van der Waals surface area contributed by atoms with E-state index in [1.807, 2.05) is 13.0 Å². The molecule has 2 bridgehead atoms. The van der Waals surface area contributed by atoms with Crippen LogP contribution in [0.5, 0.6) is 0 Å². The maximum absolute atomic E-state index is 12.4. The molecule has 2 aliphatic rings. The smallest absolute Gasteiger partial charge is 0.242 e. The number of hydrogen-bond donors (Lipinski definition) is 1. The van der Waals surface area contributed by atoms with Gasteiger partial charge in [-0.05, 0) is 59.8 Å². The number of aryl methyl sites for hydroxylation is 1. The average Bonchev–Trinajstić information content (AvgIpc) is 2.89. The van der Waals surface area contributed by atoms with Crippen molar-refractivity contribution in [2.45, 2.75) is 49.3 Å². The van der Waals surface area contributed by atoms with Gasteiger partial charge in [0.05, 0.1) is 23.1 Å². The number of hydrogen-bond acceptors (Lipinski definition) is 3. The summed E-state index contributed by atoms with van der Waals surface area (Å²) >= 11 is 3.32. The third-order valence-corrected chi connectivity index (χ3v) is 6.26.